The molecule has 0 radical (unpaired) electrons. The van der Waals surface area contributed by atoms with E-state index in [0.717, 1.165) is 11.8 Å². The molecule has 0 saturated heterocycles. The van der Waals surface area contributed by atoms with Gasteiger partial charge in [0.15, 0.2) is 0 Å². The first kappa shape index (κ1) is 14.4. The van der Waals surface area contributed by atoms with Gasteiger partial charge >= 0.3 is 12.0 Å². The molecule has 0 aliphatic carbocycles. The molecule has 0 aliphatic rings. The Balaban J connectivity index is 2.40. The lowest BCUT2D eigenvalue weighted by Crippen LogP contribution is -2.38. The lowest BCUT2D eigenvalue weighted by Gasteiger charge is -2.05. The highest BCUT2D eigenvalue weighted by Gasteiger charge is 2.05. The first-order valence-corrected chi connectivity index (χ1v) is 5.40. The van der Waals surface area contributed by atoms with Crippen LogP contribution >= 0.6 is 0 Å². The molecule has 0 spiro atoms. The summed E-state index contributed by atoms with van der Waals surface area (Å²) < 4.78 is 0. The number of carboxylic acid groups (broad SMARTS) is 1. The summed E-state index contributed by atoms with van der Waals surface area (Å²) in [5, 5.41) is 12.7. The highest BCUT2D eigenvalue weighted by molar-refractivity contribution is 6.02. The van der Waals surface area contributed by atoms with E-state index < -0.39 is 17.9 Å². The van der Waals surface area contributed by atoms with Crippen molar-refractivity contribution in [1.82, 2.24) is 15.6 Å². The largest absolute Gasteiger partial charge is 0.478 e. The Morgan fingerprint density at radius 3 is 2.68 bits per heavy atom. The van der Waals surface area contributed by atoms with Gasteiger partial charge in [-0.05, 0) is 19.1 Å². The number of rotatable bonds is 4. The van der Waals surface area contributed by atoms with Gasteiger partial charge in [0.25, 0.3) is 5.91 Å². The Bertz CT molecular complexity index is 525. The Kier molecular flexibility index (Phi) is 5.21. The van der Waals surface area contributed by atoms with Gasteiger partial charge in [0.2, 0.25) is 0 Å². The first-order valence-electron chi connectivity index (χ1n) is 5.40. The van der Waals surface area contributed by atoms with Crippen LogP contribution in [0.3, 0.4) is 0 Å². The Hall–Kier alpha value is -2.70. The van der Waals surface area contributed by atoms with E-state index in [2.05, 4.69) is 10.3 Å². The number of aryl methyl sites for hydroxylation is 1. The van der Waals surface area contributed by atoms with Crippen LogP contribution in [0.5, 0.6) is 0 Å². The molecule has 0 unspecified atom stereocenters. The maximum atomic E-state index is 11.3. The predicted octanol–water partition coefficient (Wildman–Crippen LogP) is 0.357. The van der Waals surface area contributed by atoms with Crippen LogP contribution in [0, 0.1) is 6.92 Å². The summed E-state index contributed by atoms with van der Waals surface area (Å²) in [4.78, 5) is 36.7. The van der Waals surface area contributed by atoms with Gasteiger partial charge in [0.1, 0.15) is 0 Å². The zero-order chi connectivity index (χ0) is 14.3. The third kappa shape index (κ3) is 5.97. The van der Waals surface area contributed by atoms with E-state index in [1.807, 2.05) is 18.3 Å². The summed E-state index contributed by atoms with van der Waals surface area (Å²) in [5.74, 6) is -2.07. The van der Waals surface area contributed by atoms with Gasteiger partial charge in [-0.15, -0.1) is 0 Å². The molecule has 3 N–H and O–H groups in total. The molecule has 100 valence electrons. The molecule has 0 saturated carbocycles. The lowest BCUT2D eigenvalue weighted by molar-refractivity contribution is -0.131. The van der Waals surface area contributed by atoms with Crippen LogP contribution in [0.4, 0.5) is 4.79 Å². The van der Waals surface area contributed by atoms with Crippen LogP contribution in [0.15, 0.2) is 30.4 Å². The molecule has 1 heterocycles. The Morgan fingerprint density at radius 1 is 1.32 bits per heavy atom. The highest BCUT2D eigenvalue weighted by atomic mass is 16.4. The van der Waals surface area contributed by atoms with Crippen molar-refractivity contribution < 1.29 is 19.5 Å². The number of nitrogens with zero attached hydrogens (tertiary/aromatic N) is 1. The molecule has 1 aromatic rings. The normalized spacial score (nSPS) is 10.2. The van der Waals surface area contributed by atoms with Crippen LogP contribution in [-0.2, 0) is 16.1 Å². The highest BCUT2D eigenvalue weighted by Crippen LogP contribution is 1.97. The van der Waals surface area contributed by atoms with Crippen molar-refractivity contribution >= 4 is 17.9 Å². The number of amides is 3. The number of aliphatic carboxylic acids is 1. The van der Waals surface area contributed by atoms with Gasteiger partial charge in [-0.2, -0.15) is 0 Å². The van der Waals surface area contributed by atoms with E-state index in [4.69, 9.17) is 5.11 Å². The number of aromatic nitrogens is 1. The SMILES string of the molecule is Cc1cccc(CNC(=O)NC(=O)C=CC(=O)O)n1. The number of pyridine rings is 1. The summed E-state index contributed by atoms with van der Waals surface area (Å²) in [7, 11) is 0. The van der Waals surface area contributed by atoms with Crippen LogP contribution < -0.4 is 10.6 Å². The molecule has 0 fully saturated rings. The zero-order valence-corrected chi connectivity index (χ0v) is 10.2. The van der Waals surface area contributed by atoms with E-state index in [9.17, 15) is 14.4 Å². The maximum absolute atomic E-state index is 11.3. The molecular weight excluding hydrogens is 250 g/mol. The number of carbonyl (C=O) groups is 3. The monoisotopic (exact) mass is 263 g/mol. The number of carboxylic acids is 1. The third-order valence-electron chi connectivity index (χ3n) is 1.99. The summed E-state index contributed by atoms with van der Waals surface area (Å²) in [6.45, 7) is 1.99. The molecule has 0 atom stereocenters. The first-order chi connectivity index (χ1) is 8.97. The fourth-order valence-corrected chi connectivity index (χ4v) is 1.21. The van der Waals surface area contributed by atoms with Crippen LogP contribution in [0.25, 0.3) is 0 Å². The zero-order valence-electron chi connectivity index (χ0n) is 10.2. The number of urea groups is 1. The Labute approximate surface area is 109 Å². The van der Waals surface area contributed by atoms with E-state index in [-0.39, 0.29) is 6.54 Å². The summed E-state index contributed by atoms with van der Waals surface area (Å²) in [6, 6.07) is 4.64. The van der Waals surface area contributed by atoms with Crippen molar-refractivity contribution in [3.05, 3.63) is 41.7 Å². The summed E-state index contributed by atoms with van der Waals surface area (Å²) in [5.41, 5.74) is 1.48. The quantitative estimate of drug-likeness (QED) is 0.679. The fraction of sp³-hybridized carbons (Fsp3) is 0.167. The second kappa shape index (κ2) is 6.90. The molecule has 3 amide bonds. The maximum Gasteiger partial charge on any atom is 0.328 e. The number of carbonyl (C=O) groups excluding carboxylic acids is 2. The van der Waals surface area contributed by atoms with Crippen LogP contribution in [-0.4, -0.2) is 28.0 Å². The Morgan fingerprint density at radius 2 is 2.05 bits per heavy atom. The van der Waals surface area contributed by atoms with E-state index in [1.165, 1.54) is 0 Å². The van der Waals surface area contributed by atoms with Crippen molar-refractivity contribution in [2.24, 2.45) is 0 Å². The van der Waals surface area contributed by atoms with Crippen LogP contribution in [0.2, 0.25) is 0 Å². The smallest absolute Gasteiger partial charge is 0.328 e. The molecule has 1 aromatic heterocycles. The van der Waals surface area contributed by atoms with E-state index >= 15 is 0 Å². The van der Waals surface area contributed by atoms with Crippen molar-refractivity contribution in [2.45, 2.75) is 13.5 Å². The van der Waals surface area contributed by atoms with Gasteiger partial charge in [0, 0.05) is 17.8 Å². The number of hydrogen-bond acceptors (Lipinski definition) is 4. The molecular formula is C12H13N3O4. The van der Waals surface area contributed by atoms with Crippen molar-refractivity contribution in [1.29, 1.82) is 0 Å². The fourth-order valence-electron chi connectivity index (χ4n) is 1.21. The standard InChI is InChI=1S/C12H13N3O4/c1-8-3-2-4-9(14-8)7-13-12(19)15-10(16)5-6-11(17)18/h2-6H,7H2,1H3,(H,17,18)(H2,13,15,16,19). The number of nitrogens with one attached hydrogen (secondary N) is 2. The van der Waals surface area contributed by atoms with Gasteiger partial charge in [0.05, 0.1) is 12.2 Å². The molecule has 7 heteroatoms. The second-order valence-corrected chi connectivity index (χ2v) is 3.61. The minimum atomic E-state index is -1.26. The van der Waals surface area contributed by atoms with E-state index in [0.29, 0.717) is 11.8 Å². The van der Waals surface area contributed by atoms with E-state index in [1.54, 1.807) is 12.1 Å². The van der Waals surface area contributed by atoms with Gasteiger partial charge in [-0.3, -0.25) is 15.1 Å². The number of imide groups is 1. The molecule has 19 heavy (non-hydrogen) atoms. The van der Waals surface area contributed by atoms with Gasteiger partial charge in [-0.1, -0.05) is 6.07 Å². The minimum Gasteiger partial charge on any atom is -0.478 e. The van der Waals surface area contributed by atoms with Crippen molar-refractivity contribution in [3.63, 3.8) is 0 Å². The molecule has 7 nitrogen and oxygen atoms in total. The summed E-state index contributed by atoms with van der Waals surface area (Å²) in [6.07, 6.45) is 1.40. The average molecular weight is 263 g/mol. The van der Waals surface area contributed by atoms with Gasteiger partial charge in [-0.25, -0.2) is 9.59 Å². The van der Waals surface area contributed by atoms with Crippen molar-refractivity contribution in [2.75, 3.05) is 0 Å². The molecule has 0 aliphatic heterocycles. The molecule has 1 rings (SSSR count). The average Bonchev–Trinajstić information content (AvgIpc) is 2.34. The third-order valence-corrected chi connectivity index (χ3v) is 1.99. The molecule has 0 aromatic carbocycles. The number of hydrogen-bond donors (Lipinski definition) is 3. The molecule has 0 bridgehead atoms. The topological polar surface area (TPSA) is 108 Å². The predicted molar refractivity (Wildman–Crippen MR) is 66.1 cm³/mol. The summed E-state index contributed by atoms with van der Waals surface area (Å²) >= 11 is 0. The van der Waals surface area contributed by atoms with Gasteiger partial charge < -0.3 is 10.4 Å². The second-order valence-electron chi connectivity index (χ2n) is 3.61. The van der Waals surface area contributed by atoms with Crippen LogP contribution in [0.1, 0.15) is 11.4 Å². The lowest BCUT2D eigenvalue weighted by atomic mass is 10.3. The minimum absolute atomic E-state index is 0.170. The van der Waals surface area contributed by atoms with Crippen molar-refractivity contribution in [3.8, 4) is 0 Å².